The lowest BCUT2D eigenvalue weighted by Crippen LogP contribution is -2.40. The number of carbonyl (C=O) groups is 2. The van der Waals surface area contributed by atoms with Crippen LogP contribution in [0.2, 0.25) is 0 Å². The Hall–Kier alpha value is -1.97. The predicted molar refractivity (Wildman–Crippen MR) is 103 cm³/mol. The van der Waals surface area contributed by atoms with Gasteiger partial charge in [-0.25, -0.2) is 13.6 Å². The third-order valence-electron chi connectivity index (χ3n) is 4.77. The van der Waals surface area contributed by atoms with Crippen molar-refractivity contribution < 1.29 is 18.0 Å². The number of sulfonamides is 1. The summed E-state index contributed by atoms with van der Waals surface area (Å²) in [6.07, 6.45) is 7.07. The minimum absolute atomic E-state index is 0.00919. The van der Waals surface area contributed by atoms with E-state index in [1.807, 2.05) is 0 Å². The lowest BCUT2D eigenvalue weighted by molar-refractivity contribution is -0.121. The molecule has 1 aromatic carbocycles. The maximum Gasteiger partial charge on any atom is 0.238 e. The van der Waals surface area contributed by atoms with Crippen molar-refractivity contribution in [2.75, 3.05) is 25.0 Å². The van der Waals surface area contributed by atoms with Gasteiger partial charge in [-0.15, -0.1) is 0 Å². The SMILES string of the molecule is NC(=O)CN(CCC1CCCCC1)CC(=O)Nc1cccc(S(N)(=O)=O)c1. The number of nitrogens with zero attached hydrogens (tertiary/aromatic N) is 1. The highest BCUT2D eigenvalue weighted by Crippen LogP contribution is 2.26. The van der Waals surface area contributed by atoms with Gasteiger partial charge in [0.15, 0.2) is 0 Å². The number of hydrogen-bond donors (Lipinski definition) is 3. The molecule has 0 spiro atoms. The van der Waals surface area contributed by atoms with Crippen LogP contribution in [-0.4, -0.2) is 44.8 Å². The number of hydrogen-bond acceptors (Lipinski definition) is 5. The molecule has 0 heterocycles. The molecule has 0 aliphatic heterocycles. The van der Waals surface area contributed by atoms with Crippen LogP contribution in [0.5, 0.6) is 0 Å². The van der Waals surface area contributed by atoms with Crippen molar-refractivity contribution in [2.24, 2.45) is 16.8 Å². The Labute approximate surface area is 160 Å². The summed E-state index contributed by atoms with van der Waals surface area (Å²) in [4.78, 5) is 25.3. The standard InChI is InChI=1S/C18H28N4O4S/c19-17(23)12-22(10-9-14-5-2-1-3-6-14)13-18(24)21-15-7-4-8-16(11-15)27(20,25)26/h4,7-8,11,14H,1-3,5-6,9-10,12-13H2,(H2,19,23)(H,21,24)(H2,20,25,26). The number of primary amides is 1. The fourth-order valence-corrected chi connectivity index (χ4v) is 3.99. The second-order valence-electron chi connectivity index (χ2n) is 7.09. The quantitative estimate of drug-likeness (QED) is 0.573. The van der Waals surface area contributed by atoms with Crippen LogP contribution in [0, 0.1) is 5.92 Å². The van der Waals surface area contributed by atoms with E-state index >= 15 is 0 Å². The molecule has 1 saturated carbocycles. The van der Waals surface area contributed by atoms with Gasteiger partial charge < -0.3 is 11.1 Å². The molecule has 150 valence electrons. The van der Waals surface area contributed by atoms with Gasteiger partial charge in [-0.2, -0.15) is 0 Å². The summed E-state index contributed by atoms with van der Waals surface area (Å²) < 4.78 is 22.8. The number of benzene rings is 1. The van der Waals surface area contributed by atoms with Gasteiger partial charge in [0.25, 0.3) is 0 Å². The Morgan fingerprint density at radius 1 is 1.15 bits per heavy atom. The summed E-state index contributed by atoms with van der Waals surface area (Å²) in [6.45, 7) is 0.644. The third-order valence-corrected chi connectivity index (χ3v) is 5.68. The number of rotatable bonds is 9. The van der Waals surface area contributed by atoms with Crippen LogP contribution < -0.4 is 16.2 Å². The molecule has 0 saturated heterocycles. The first kappa shape index (κ1) is 21.3. The molecule has 1 aliphatic rings. The highest BCUT2D eigenvalue weighted by Gasteiger charge is 2.18. The van der Waals surface area contributed by atoms with Gasteiger partial charge in [-0.05, 0) is 37.1 Å². The largest absolute Gasteiger partial charge is 0.369 e. The molecule has 1 fully saturated rings. The maximum atomic E-state index is 12.3. The molecule has 1 aliphatic carbocycles. The summed E-state index contributed by atoms with van der Waals surface area (Å²) in [6, 6.07) is 5.73. The van der Waals surface area contributed by atoms with Crippen LogP contribution in [-0.2, 0) is 19.6 Å². The summed E-state index contributed by atoms with van der Waals surface area (Å²) >= 11 is 0. The van der Waals surface area contributed by atoms with E-state index in [1.165, 1.54) is 50.3 Å². The topological polar surface area (TPSA) is 136 Å². The van der Waals surface area contributed by atoms with E-state index in [0.717, 1.165) is 6.42 Å². The first-order valence-electron chi connectivity index (χ1n) is 9.17. The van der Waals surface area contributed by atoms with Crippen LogP contribution in [0.15, 0.2) is 29.2 Å². The van der Waals surface area contributed by atoms with E-state index in [1.54, 1.807) is 11.0 Å². The van der Waals surface area contributed by atoms with E-state index in [0.29, 0.717) is 18.2 Å². The Kier molecular flexibility index (Phi) is 7.76. The smallest absolute Gasteiger partial charge is 0.238 e. The van der Waals surface area contributed by atoms with E-state index in [4.69, 9.17) is 10.9 Å². The van der Waals surface area contributed by atoms with E-state index < -0.39 is 15.9 Å². The Balaban J connectivity index is 1.93. The number of primary sulfonamides is 1. The molecule has 9 heteroatoms. The normalized spacial score (nSPS) is 15.6. The van der Waals surface area contributed by atoms with Crippen molar-refractivity contribution in [1.82, 2.24) is 4.90 Å². The summed E-state index contributed by atoms with van der Waals surface area (Å²) in [5, 5.41) is 7.75. The van der Waals surface area contributed by atoms with E-state index in [9.17, 15) is 18.0 Å². The highest BCUT2D eigenvalue weighted by atomic mass is 32.2. The molecule has 0 atom stereocenters. The average Bonchev–Trinajstić information content (AvgIpc) is 2.59. The van der Waals surface area contributed by atoms with Crippen molar-refractivity contribution in [3.05, 3.63) is 24.3 Å². The van der Waals surface area contributed by atoms with Crippen LogP contribution in [0.4, 0.5) is 5.69 Å². The number of amides is 2. The van der Waals surface area contributed by atoms with Gasteiger partial charge >= 0.3 is 0 Å². The van der Waals surface area contributed by atoms with Crippen molar-refractivity contribution >= 4 is 27.5 Å². The molecule has 2 rings (SSSR count). The molecule has 0 unspecified atom stereocenters. The summed E-state index contributed by atoms with van der Waals surface area (Å²) in [5.41, 5.74) is 5.64. The molecule has 0 aromatic heterocycles. The number of carbonyl (C=O) groups excluding carboxylic acids is 2. The van der Waals surface area contributed by atoms with Crippen LogP contribution in [0.3, 0.4) is 0 Å². The third kappa shape index (κ3) is 7.66. The van der Waals surface area contributed by atoms with Crippen LogP contribution in [0.25, 0.3) is 0 Å². The zero-order valence-electron chi connectivity index (χ0n) is 15.4. The number of nitrogens with two attached hydrogens (primary N) is 2. The van der Waals surface area contributed by atoms with E-state index in [-0.39, 0.29) is 23.9 Å². The zero-order valence-corrected chi connectivity index (χ0v) is 16.2. The number of nitrogens with one attached hydrogen (secondary N) is 1. The maximum absolute atomic E-state index is 12.3. The van der Waals surface area contributed by atoms with Gasteiger partial charge in [0, 0.05) is 5.69 Å². The first-order chi connectivity index (χ1) is 12.7. The fourth-order valence-electron chi connectivity index (χ4n) is 3.43. The second kappa shape index (κ2) is 9.82. The lowest BCUT2D eigenvalue weighted by atomic mass is 9.87. The van der Waals surface area contributed by atoms with E-state index in [2.05, 4.69) is 5.32 Å². The minimum Gasteiger partial charge on any atom is -0.369 e. The number of anilines is 1. The van der Waals surface area contributed by atoms with Gasteiger partial charge in [-0.3, -0.25) is 14.5 Å². The van der Waals surface area contributed by atoms with Gasteiger partial charge in [-0.1, -0.05) is 38.2 Å². The average molecular weight is 397 g/mol. The molecular weight excluding hydrogens is 368 g/mol. The van der Waals surface area contributed by atoms with Gasteiger partial charge in [0.2, 0.25) is 21.8 Å². The monoisotopic (exact) mass is 396 g/mol. The molecule has 1 aromatic rings. The Morgan fingerprint density at radius 2 is 1.85 bits per heavy atom. The summed E-state index contributed by atoms with van der Waals surface area (Å²) in [7, 11) is -3.84. The van der Waals surface area contributed by atoms with Gasteiger partial charge in [0.05, 0.1) is 18.0 Å². The minimum atomic E-state index is -3.84. The zero-order chi connectivity index (χ0) is 19.9. The second-order valence-corrected chi connectivity index (χ2v) is 8.65. The highest BCUT2D eigenvalue weighted by molar-refractivity contribution is 7.89. The van der Waals surface area contributed by atoms with Crippen LogP contribution >= 0.6 is 0 Å². The van der Waals surface area contributed by atoms with Crippen molar-refractivity contribution in [2.45, 2.75) is 43.4 Å². The van der Waals surface area contributed by atoms with Crippen molar-refractivity contribution in [3.8, 4) is 0 Å². The molecule has 0 radical (unpaired) electrons. The van der Waals surface area contributed by atoms with Crippen molar-refractivity contribution in [1.29, 1.82) is 0 Å². The molecule has 5 N–H and O–H groups in total. The molecule has 8 nitrogen and oxygen atoms in total. The summed E-state index contributed by atoms with van der Waals surface area (Å²) in [5.74, 6) is -0.197. The predicted octanol–water partition coefficient (Wildman–Crippen LogP) is 1.03. The Bertz CT molecular complexity index is 760. The molecule has 2 amide bonds. The lowest BCUT2D eigenvalue weighted by Gasteiger charge is -2.26. The molecule has 0 bridgehead atoms. The fraction of sp³-hybridized carbons (Fsp3) is 0.556. The van der Waals surface area contributed by atoms with Gasteiger partial charge in [0.1, 0.15) is 0 Å². The van der Waals surface area contributed by atoms with Crippen LogP contribution in [0.1, 0.15) is 38.5 Å². The van der Waals surface area contributed by atoms with Crippen molar-refractivity contribution in [3.63, 3.8) is 0 Å². The molecular formula is C18H28N4O4S. The Morgan fingerprint density at radius 3 is 2.48 bits per heavy atom. The molecule has 27 heavy (non-hydrogen) atoms. The first-order valence-corrected chi connectivity index (χ1v) is 10.7.